The van der Waals surface area contributed by atoms with Gasteiger partial charge in [0.05, 0.1) is 0 Å². The first-order valence-corrected chi connectivity index (χ1v) is 7.61. The van der Waals surface area contributed by atoms with E-state index in [0.29, 0.717) is 18.7 Å². The summed E-state index contributed by atoms with van der Waals surface area (Å²) < 4.78 is 10.8. The molecule has 24 heavy (non-hydrogen) atoms. The van der Waals surface area contributed by atoms with Crippen molar-refractivity contribution in [2.45, 2.75) is 20.4 Å². The molecule has 8 heteroatoms. The van der Waals surface area contributed by atoms with Gasteiger partial charge >= 0.3 is 11.7 Å². The van der Waals surface area contributed by atoms with Gasteiger partial charge in [-0.05, 0) is 26.0 Å². The van der Waals surface area contributed by atoms with Crippen molar-refractivity contribution in [1.29, 1.82) is 0 Å². The van der Waals surface area contributed by atoms with E-state index in [-0.39, 0.29) is 18.4 Å². The second-order valence-corrected chi connectivity index (χ2v) is 4.92. The minimum absolute atomic E-state index is 0.118. The highest BCUT2D eigenvalue weighted by molar-refractivity contribution is 5.80. The molecule has 0 aliphatic carbocycles. The van der Waals surface area contributed by atoms with Crippen LogP contribution in [0.2, 0.25) is 0 Å². The lowest BCUT2D eigenvalue weighted by atomic mass is 10.2. The van der Waals surface area contributed by atoms with Crippen LogP contribution in [0.25, 0.3) is 11.5 Å². The number of benzene rings is 1. The van der Waals surface area contributed by atoms with Gasteiger partial charge in [-0.25, -0.2) is 4.79 Å². The van der Waals surface area contributed by atoms with E-state index in [9.17, 15) is 14.4 Å². The van der Waals surface area contributed by atoms with Gasteiger partial charge in [-0.3, -0.25) is 9.59 Å². The van der Waals surface area contributed by atoms with Crippen molar-refractivity contribution in [2.75, 3.05) is 19.7 Å². The van der Waals surface area contributed by atoms with Crippen molar-refractivity contribution in [2.24, 2.45) is 0 Å². The van der Waals surface area contributed by atoms with E-state index in [4.69, 9.17) is 9.15 Å². The van der Waals surface area contributed by atoms with Crippen LogP contribution in [-0.4, -0.2) is 46.3 Å². The SMILES string of the molecule is CCN(CC)C(=O)COC(=O)Cn1nc(-c2ccccc2)oc1=O. The van der Waals surface area contributed by atoms with Crippen molar-refractivity contribution in [1.82, 2.24) is 14.7 Å². The first-order valence-electron chi connectivity index (χ1n) is 7.61. The molecule has 0 fully saturated rings. The van der Waals surface area contributed by atoms with Crippen molar-refractivity contribution >= 4 is 11.9 Å². The van der Waals surface area contributed by atoms with Crippen LogP contribution >= 0.6 is 0 Å². The number of ether oxygens (including phenoxy) is 1. The maximum absolute atomic E-state index is 11.8. The molecule has 0 atom stereocenters. The Morgan fingerprint density at radius 1 is 1.21 bits per heavy atom. The minimum Gasteiger partial charge on any atom is -0.454 e. The van der Waals surface area contributed by atoms with Gasteiger partial charge in [0.25, 0.3) is 5.91 Å². The second kappa shape index (κ2) is 8.09. The molecule has 1 aromatic heterocycles. The van der Waals surface area contributed by atoms with Gasteiger partial charge in [-0.15, -0.1) is 5.10 Å². The average Bonchev–Trinajstić information content (AvgIpc) is 2.95. The first kappa shape index (κ1) is 17.5. The van der Waals surface area contributed by atoms with Crippen molar-refractivity contribution < 1.29 is 18.7 Å². The van der Waals surface area contributed by atoms with Crippen LogP contribution in [-0.2, 0) is 20.9 Å². The zero-order chi connectivity index (χ0) is 17.5. The fourth-order valence-electron chi connectivity index (χ4n) is 2.08. The normalized spacial score (nSPS) is 10.4. The number of carbonyl (C=O) groups is 2. The highest BCUT2D eigenvalue weighted by Gasteiger charge is 2.16. The van der Waals surface area contributed by atoms with E-state index in [0.717, 1.165) is 4.68 Å². The Morgan fingerprint density at radius 2 is 1.88 bits per heavy atom. The lowest BCUT2D eigenvalue weighted by Gasteiger charge is -2.18. The molecular weight excluding hydrogens is 314 g/mol. The van der Waals surface area contributed by atoms with Crippen LogP contribution < -0.4 is 5.76 Å². The Hall–Kier alpha value is -2.90. The Kier molecular flexibility index (Phi) is 5.89. The maximum atomic E-state index is 11.8. The summed E-state index contributed by atoms with van der Waals surface area (Å²) in [5.74, 6) is -1.66. The third kappa shape index (κ3) is 4.31. The fraction of sp³-hybridized carbons (Fsp3) is 0.375. The lowest BCUT2D eigenvalue weighted by Crippen LogP contribution is -2.35. The number of rotatable bonds is 7. The fourth-order valence-corrected chi connectivity index (χ4v) is 2.08. The number of amides is 1. The largest absolute Gasteiger partial charge is 0.454 e. The number of carbonyl (C=O) groups excluding carboxylic acids is 2. The summed E-state index contributed by atoms with van der Waals surface area (Å²) in [4.78, 5) is 36.8. The molecule has 1 heterocycles. The third-order valence-electron chi connectivity index (χ3n) is 3.38. The highest BCUT2D eigenvalue weighted by atomic mass is 16.5. The van der Waals surface area contributed by atoms with Gasteiger partial charge in [0.2, 0.25) is 5.89 Å². The summed E-state index contributed by atoms with van der Waals surface area (Å²) in [6, 6.07) is 8.85. The Balaban J connectivity index is 1.96. The van der Waals surface area contributed by atoms with Crippen LogP contribution in [0, 0.1) is 0 Å². The topological polar surface area (TPSA) is 94.6 Å². The smallest absolute Gasteiger partial charge is 0.437 e. The summed E-state index contributed by atoms with van der Waals surface area (Å²) in [6.45, 7) is 3.97. The van der Waals surface area contributed by atoms with Crippen molar-refractivity contribution in [3.63, 3.8) is 0 Å². The summed E-state index contributed by atoms with van der Waals surface area (Å²) >= 11 is 0. The standard InChI is InChI=1S/C16H19N3O5/c1-3-18(4-2)13(20)11-23-14(21)10-19-16(22)24-15(17-19)12-8-6-5-7-9-12/h5-9H,3-4,10-11H2,1-2H3. The quantitative estimate of drug-likeness (QED) is 0.699. The van der Waals surface area contributed by atoms with E-state index < -0.39 is 18.3 Å². The molecule has 1 aromatic carbocycles. The molecule has 0 saturated heterocycles. The van der Waals surface area contributed by atoms with Crippen LogP contribution in [0.3, 0.4) is 0 Å². The van der Waals surface area contributed by atoms with Gasteiger partial charge in [0, 0.05) is 18.7 Å². The number of esters is 1. The molecule has 0 N–H and O–H groups in total. The molecule has 0 spiro atoms. The van der Waals surface area contributed by atoms with E-state index in [1.807, 2.05) is 19.9 Å². The molecule has 2 aromatic rings. The summed E-state index contributed by atoms with van der Waals surface area (Å²) in [7, 11) is 0. The maximum Gasteiger partial charge on any atom is 0.437 e. The van der Waals surface area contributed by atoms with Crippen molar-refractivity contribution in [3.05, 3.63) is 40.9 Å². The molecule has 0 bridgehead atoms. The Bertz CT molecular complexity index is 747. The van der Waals surface area contributed by atoms with E-state index >= 15 is 0 Å². The molecular formula is C16H19N3O5. The molecule has 0 saturated carbocycles. The summed E-state index contributed by atoms with van der Waals surface area (Å²) in [6.07, 6.45) is 0. The molecule has 128 valence electrons. The summed E-state index contributed by atoms with van der Waals surface area (Å²) in [5.41, 5.74) is 0.624. The lowest BCUT2D eigenvalue weighted by molar-refractivity contribution is -0.152. The van der Waals surface area contributed by atoms with Crippen molar-refractivity contribution in [3.8, 4) is 11.5 Å². The summed E-state index contributed by atoms with van der Waals surface area (Å²) in [5, 5.41) is 3.96. The Labute approximate surface area is 138 Å². The number of nitrogens with zero attached hydrogens (tertiary/aromatic N) is 3. The number of hydrogen-bond donors (Lipinski definition) is 0. The van der Waals surface area contributed by atoms with Crippen LogP contribution in [0.1, 0.15) is 13.8 Å². The molecule has 0 aliphatic heterocycles. The zero-order valence-corrected chi connectivity index (χ0v) is 13.6. The van der Waals surface area contributed by atoms with Crippen LogP contribution in [0.4, 0.5) is 0 Å². The highest BCUT2D eigenvalue weighted by Crippen LogP contribution is 2.13. The number of likely N-dealkylation sites (N-methyl/N-ethyl adjacent to an activating group) is 1. The zero-order valence-electron chi connectivity index (χ0n) is 13.6. The molecule has 0 aliphatic rings. The minimum atomic E-state index is -0.763. The van der Waals surface area contributed by atoms with Gasteiger partial charge in [-0.1, -0.05) is 18.2 Å². The Morgan fingerprint density at radius 3 is 2.50 bits per heavy atom. The molecule has 0 radical (unpaired) electrons. The third-order valence-corrected chi connectivity index (χ3v) is 3.38. The predicted octanol–water partition coefficient (Wildman–Crippen LogP) is 0.915. The molecule has 0 unspecified atom stereocenters. The number of hydrogen-bond acceptors (Lipinski definition) is 6. The van der Waals surface area contributed by atoms with Gasteiger partial charge in [0.1, 0.15) is 6.54 Å². The average molecular weight is 333 g/mol. The molecule has 2 rings (SSSR count). The first-order chi connectivity index (χ1) is 11.5. The van der Waals surface area contributed by atoms with E-state index in [2.05, 4.69) is 5.10 Å². The molecule has 1 amide bonds. The van der Waals surface area contributed by atoms with Gasteiger partial charge in [-0.2, -0.15) is 4.68 Å². The molecule has 8 nitrogen and oxygen atoms in total. The second-order valence-electron chi connectivity index (χ2n) is 4.92. The number of aromatic nitrogens is 2. The van der Waals surface area contributed by atoms with E-state index in [1.54, 1.807) is 29.2 Å². The van der Waals surface area contributed by atoms with Crippen LogP contribution in [0.5, 0.6) is 0 Å². The van der Waals surface area contributed by atoms with Gasteiger partial charge < -0.3 is 14.1 Å². The van der Waals surface area contributed by atoms with Crippen LogP contribution in [0.15, 0.2) is 39.5 Å². The van der Waals surface area contributed by atoms with Gasteiger partial charge in [0.15, 0.2) is 6.61 Å². The predicted molar refractivity (Wildman–Crippen MR) is 85.1 cm³/mol. The monoisotopic (exact) mass is 333 g/mol. The van der Waals surface area contributed by atoms with E-state index in [1.165, 1.54) is 0 Å².